The summed E-state index contributed by atoms with van der Waals surface area (Å²) >= 11 is 0. The summed E-state index contributed by atoms with van der Waals surface area (Å²) in [6.45, 7) is 2.02. The third kappa shape index (κ3) is 3.87. The van der Waals surface area contributed by atoms with Crippen molar-refractivity contribution in [3.05, 3.63) is 70.8 Å². The van der Waals surface area contributed by atoms with Crippen molar-refractivity contribution < 1.29 is 13.9 Å². The Morgan fingerprint density at radius 2 is 1.75 bits per heavy atom. The van der Waals surface area contributed by atoms with Crippen molar-refractivity contribution in [2.45, 2.75) is 32.3 Å². The summed E-state index contributed by atoms with van der Waals surface area (Å²) in [5, 5.41) is 9.94. The number of rotatable bonds is 5. The molecule has 1 N–H and O–H groups in total. The summed E-state index contributed by atoms with van der Waals surface area (Å²) < 4.78 is 26.5. The van der Waals surface area contributed by atoms with E-state index in [1.165, 1.54) is 17.7 Å². The summed E-state index contributed by atoms with van der Waals surface area (Å²) in [5.74, 6) is -1.73. The maximum atomic E-state index is 13.5. The highest BCUT2D eigenvalue weighted by molar-refractivity contribution is 5.22. The van der Waals surface area contributed by atoms with Crippen molar-refractivity contribution in [1.82, 2.24) is 0 Å². The van der Waals surface area contributed by atoms with Crippen LogP contribution in [0.3, 0.4) is 0 Å². The molecule has 0 fully saturated rings. The Kier molecular flexibility index (Phi) is 4.85. The molecule has 0 radical (unpaired) electrons. The number of aliphatic hydroxyl groups excluding tert-OH is 1. The van der Waals surface area contributed by atoms with Gasteiger partial charge in [0.15, 0.2) is 11.6 Å². The van der Waals surface area contributed by atoms with Gasteiger partial charge >= 0.3 is 0 Å². The molecule has 0 amide bonds. The monoisotopic (exact) mass is 276 g/mol. The van der Waals surface area contributed by atoms with Crippen LogP contribution in [-0.2, 0) is 12.8 Å². The first-order valence-electron chi connectivity index (χ1n) is 6.73. The van der Waals surface area contributed by atoms with Gasteiger partial charge in [-0.2, -0.15) is 0 Å². The normalized spacial score (nSPS) is 12.4. The molecule has 0 aromatic heterocycles. The molecule has 2 rings (SSSR count). The Morgan fingerprint density at radius 3 is 2.45 bits per heavy atom. The molecule has 0 aliphatic rings. The third-order valence-electron chi connectivity index (χ3n) is 3.37. The topological polar surface area (TPSA) is 20.2 Å². The Hall–Kier alpha value is -1.74. The summed E-state index contributed by atoms with van der Waals surface area (Å²) in [6.07, 6.45) is 0.708. The molecule has 1 nitrogen and oxygen atoms in total. The first kappa shape index (κ1) is 14.7. The number of hydrogen-bond acceptors (Lipinski definition) is 1. The average Bonchev–Trinajstić information content (AvgIpc) is 2.43. The predicted molar refractivity (Wildman–Crippen MR) is 75.6 cm³/mol. The van der Waals surface area contributed by atoms with E-state index in [1.54, 1.807) is 0 Å². The van der Waals surface area contributed by atoms with Crippen LogP contribution >= 0.6 is 0 Å². The number of benzene rings is 2. The molecular weight excluding hydrogens is 258 g/mol. The highest BCUT2D eigenvalue weighted by Gasteiger charge is 2.12. The van der Waals surface area contributed by atoms with E-state index in [4.69, 9.17) is 0 Å². The number of halogens is 2. The second kappa shape index (κ2) is 6.62. The number of aliphatic hydroxyl groups is 1. The van der Waals surface area contributed by atoms with E-state index < -0.39 is 17.7 Å². The van der Waals surface area contributed by atoms with Crippen LogP contribution in [0.25, 0.3) is 0 Å². The summed E-state index contributed by atoms with van der Waals surface area (Å²) in [4.78, 5) is 0. The van der Waals surface area contributed by atoms with Crippen LogP contribution in [0.4, 0.5) is 8.78 Å². The fourth-order valence-electron chi connectivity index (χ4n) is 2.15. The maximum absolute atomic E-state index is 13.5. The van der Waals surface area contributed by atoms with Crippen molar-refractivity contribution in [1.29, 1.82) is 0 Å². The zero-order valence-electron chi connectivity index (χ0n) is 11.4. The van der Waals surface area contributed by atoms with E-state index >= 15 is 0 Å². The number of hydrogen-bond donors (Lipinski definition) is 1. The Bertz CT molecular complexity index is 564. The van der Waals surface area contributed by atoms with Crippen LogP contribution in [0.15, 0.2) is 42.5 Å². The summed E-state index contributed by atoms with van der Waals surface area (Å²) in [5.41, 5.74) is 2.55. The van der Waals surface area contributed by atoms with Gasteiger partial charge in [0.25, 0.3) is 0 Å². The lowest BCUT2D eigenvalue weighted by molar-refractivity contribution is 0.163. The Morgan fingerprint density at radius 1 is 1.05 bits per heavy atom. The molecule has 20 heavy (non-hydrogen) atoms. The van der Waals surface area contributed by atoms with Gasteiger partial charge in [0.1, 0.15) is 0 Å². The van der Waals surface area contributed by atoms with Crippen LogP contribution in [0, 0.1) is 18.6 Å². The summed E-state index contributed by atoms with van der Waals surface area (Å²) in [6, 6.07) is 12.1. The zero-order valence-corrected chi connectivity index (χ0v) is 11.4. The molecule has 1 atom stereocenters. The molecule has 0 heterocycles. The van der Waals surface area contributed by atoms with Crippen LogP contribution in [0.1, 0.15) is 23.1 Å². The second-order valence-corrected chi connectivity index (χ2v) is 5.10. The van der Waals surface area contributed by atoms with Gasteiger partial charge in [-0.05, 0) is 37.0 Å². The average molecular weight is 276 g/mol. The van der Waals surface area contributed by atoms with Crippen molar-refractivity contribution in [2.24, 2.45) is 0 Å². The SMILES string of the molecule is Cc1ccc(CCC(O)Cc2cccc(F)c2F)cc1. The molecule has 0 spiro atoms. The van der Waals surface area contributed by atoms with Gasteiger partial charge in [0.2, 0.25) is 0 Å². The lowest BCUT2D eigenvalue weighted by Gasteiger charge is -2.11. The van der Waals surface area contributed by atoms with Crippen LogP contribution in [0.2, 0.25) is 0 Å². The van der Waals surface area contributed by atoms with Gasteiger partial charge in [-0.3, -0.25) is 0 Å². The van der Waals surface area contributed by atoms with E-state index in [1.807, 2.05) is 31.2 Å². The van der Waals surface area contributed by atoms with E-state index in [0.29, 0.717) is 6.42 Å². The van der Waals surface area contributed by atoms with E-state index in [9.17, 15) is 13.9 Å². The minimum Gasteiger partial charge on any atom is -0.393 e. The fraction of sp³-hybridized carbons (Fsp3) is 0.294. The third-order valence-corrected chi connectivity index (χ3v) is 3.37. The molecule has 2 aromatic carbocycles. The quantitative estimate of drug-likeness (QED) is 0.880. The lowest BCUT2D eigenvalue weighted by atomic mass is 10.0. The molecule has 0 aliphatic heterocycles. The first-order valence-corrected chi connectivity index (χ1v) is 6.73. The highest BCUT2D eigenvalue weighted by atomic mass is 19.2. The van der Waals surface area contributed by atoms with Crippen molar-refractivity contribution in [3.8, 4) is 0 Å². The molecule has 3 heteroatoms. The van der Waals surface area contributed by atoms with Crippen molar-refractivity contribution >= 4 is 0 Å². The molecular formula is C17H18F2O. The van der Waals surface area contributed by atoms with Crippen molar-refractivity contribution in [2.75, 3.05) is 0 Å². The van der Waals surface area contributed by atoms with E-state index in [2.05, 4.69) is 0 Å². The Balaban J connectivity index is 1.91. The molecule has 1 unspecified atom stereocenters. The molecule has 0 saturated heterocycles. The first-order chi connectivity index (χ1) is 9.56. The van der Waals surface area contributed by atoms with Crippen LogP contribution < -0.4 is 0 Å². The number of aryl methyl sites for hydroxylation is 2. The highest BCUT2D eigenvalue weighted by Crippen LogP contribution is 2.15. The van der Waals surface area contributed by atoms with Crippen molar-refractivity contribution in [3.63, 3.8) is 0 Å². The molecule has 0 bridgehead atoms. The smallest absolute Gasteiger partial charge is 0.162 e. The maximum Gasteiger partial charge on any atom is 0.162 e. The molecule has 2 aromatic rings. The van der Waals surface area contributed by atoms with Gasteiger partial charge in [-0.15, -0.1) is 0 Å². The van der Waals surface area contributed by atoms with Gasteiger partial charge < -0.3 is 5.11 Å². The van der Waals surface area contributed by atoms with Crippen LogP contribution in [-0.4, -0.2) is 11.2 Å². The van der Waals surface area contributed by atoms with Gasteiger partial charge in [-0.1, -0.05) is 42.0 Å². The molecule has 0 aliphatic carbocycles. The van der Waals surface area contributed by atoms with Gasteiger partial charge in [0, 0.05) is 6.42 Å². The predicted octanol–water partition coefficient (Wildman–Crippen LogP) is 3.81. The second-order valence-electron chi connectivity index (χ2n) is 5.10. The summed E-state index contributed by atoms with van der Waals surface area (Å²) in [7, 11) is 0. The van der Waals surface area contributed by atoms with E-state index in [-0.39, 0.29) is 12.0 Å². The van der Waals surface area contributed by atoms with E-state index in [0.717, 1.165) is 18.1 Å². The van der Waals surface area contributed by atoms with Gasteiger partial charge in [0.05, 0.1) is 6.10 Å². The minimum atomic E-state index is -0.867. The molecule has 106 valence electrons. The lowest BCUT2D eigenvalue weighted by Crippen LogP contribution is -2.13. The minimum absolute atomic E-state index is 0.134. The largest absolute Gasteiger partial charge is 0.393 e. The molecule has 0 saturated carbocycles. The Labute approximate surface area is 117 Å². The van der Waals surface area contributed by atoms with Crippen LogP contribution in [0.5, 0.6) is 0 Å². The standard InChI is InChI=1S/C17H18F2O/c1-12-5-7-13(8-6-12)9-10-15(20)11-14-3-2-4-16(18)17(14)19/h2-8,15,20H,9-11H2,1H3. The fourth-order valence-corrected chi connectivity index (χ4v) is 2.15. The van der Waals surface area contributed by atoms with Gasteiger partial charge in [-0.25, -0.2) is 8.78 Å². The zero-order chi connectivity index (χ0) is 14.5.